The molecule has 0 unspecified atom stereocenters. The molecule has 0 radical (unpaired) electrons. The van der Waals surface area contributed by atoms with Crippen LogP contribution in [0.5, 0.6) is 0 Å². The molecule has 0 heterocycles. The maximum Gasteiger partial charge on any atom is 0.0853 e. The van der Waals surface area contributed by atoms with Gasteiger partial charge in [-0.2, -0.15) is 0 Å². The second-order valence-corrected chi connectivity index (χ2v) is 2.11. The molecule has 0 N–H and O–H groups in total. The maximum absolute atomic E-state index is 4.56. The molecule has 0 aromatic carbocycles. The molecule has 0 saturated heterocycles. The van der Waals surface area contributed by atoms with Crippen LogP contribution < -0.4 is 0 Å². The SMILES string of the molecule is C=C(C)C.C=C(C)OC.II. The number of halogens is 2. The largest absolute Gasteiger partial charge is 0.502 e. The van der Waals surface area contributed by atoms with Crippen molar-refractivity contribution in [2.75, 3.05) is 7.11 Å². The molecule has 0 spiro atoms. The summed E-state index contributed by atoms with van der Waals surface area (Å²) < 4.78 is 4.56. The minimum absolute atomic E-state index is 0.755. The van der Waals surface area contributed by atoms with Crippen molar-refractivity contribution in [3.05, 3.63) is 24.5 Å². The Labute approximate surface area is 93.6 Å². The first-order valence-corrected chi connectivity index (χ1v) is 9.25. The van der Waals surface area contributed by atoms with Crippen molar-refractivity contribution in [3.8, 4) is 0 Å². The van der Waals surface area contributed by atoms with Gasteiger partial charge in [-0.1, -0.05) is 12.2 Å². The van der Waals surface area contributed by atoms with Crippen LogP contribution in [0.25, 0.3) is 0 Å². The van der Waals surface area contributed by atoms with Crippen molar-refractivity contribution < 1.29 is 4.74 Å². The van der Waals surface area contributed by atoms with E-state index in [9.17, 15) is 0 Å². The molecule has 1 nitrogen and oxygen atoms in total. The lowest BCUT2D eigenvalue weighted by atomic mass is 10.4. The van der Waals surface area contributed by atoms with Crippen molar-refractivity contribution in [1.29, 1.82) is 0 Å². The van der Waals surface area contributed by atoms with Crippen molar-refractivity contribution in [2.24, 2.45) is 0 Å². The van der Waals surface area contributed by atoms with Gasteiger partial charge < -0.3 is 4.74 Å². The van der Waals surface area contributed by atoms with Gasteiger partial charge in [0, 0.05) is 37.2 Å². The van der Waals surface area contributed by atoms with Gasteiger partial charge in [0.15, 0.2) is 0 Å². The zero-order valence-electron chi connectivity index (χ0n) is 7.58. The smallest absolute Gasteiger partial charge is 0.0853 e. The summed E-state index contributed by atoms with van der Waals surface area (Å²) in [6.45, 7) is 12.8. The van der Waals surface area contributed by atoms with E-state index in [-0.39, 0.29) is 0 Å². The molecule has 11 heavy (non-hydrogen) atoms. The van der Waals surface area contributed by atoms with Crippen LogP contribution in [-0.2, 0) is 4.74 Å². The van der Waals surface area contributed by atoms with Gasteiger partial charge in [-0.3, -0.25) is 0 Å². The minimum atomic E-state index is 0.755. The van der Waals surface area contributed by atoms with E-state index < -0.39 is 0 Å². The van der Waals surface area contributed by atoms with Crippen LogP contribution in [0, 0.1) is 0 Å². The number of rotatable bonds is 1. The van der Waals surface area contributed by atoms with Crippen LogP contribution in [0.1, 0.15) is 20.8 Å². The molecule has 0 aliphatic heterocycles. The third-order valence-corrected chi connectivity index (χ3v) is 0.348. The lowest BCUT2D eigenvalue weighted by Gasteiger charge is -1.88. The van der Waals surface area contributed by atoms with Gasteiger partial charge in [0.1, 0.15) is 0 Å². The van der Waals surface area contributed by atoms with E-state index in [4.69, 9.17) is 0 Å². The Bertz CT molecular complexity index is 96.3. The molecule has 0 fully saturated rings. The van der Waals surface area contributed by atoms with Crippen LogP contribution in [-0.4, -0.2) is 7.11 Å². The lowest BCUT2D eigenvalue weighted by Crippen LogP contribution is -1.70. The molecule has 0 aliphatic rings. The molecule has 3 heteroatoms. The van der Waals surface area contributed by atoms with Gasteiger partial charge in [0.05, 0.1) is 12.9 Å². The number of hydrogen-bond acceptors (Lipinski definition) is 1. The Morgan fingerprint density at radius 1 is 1.09 bits per heavy atom. The van der Waals surface area contributed by atoms with Crippen LogP contribution in [0.15, 0.2) is 24.5 Å². The Morgan fingerprint density at radius 3 is 1.18 bits per heavy atom. The zero-order valence-corrected chi connectivity index (χ0v) is 11.9. The van der Waals surface area contributed by atoms with E-state index in [2.05, 4.69) is 55.1 Å². The first-order valence-electron chi connectivity index (χ1n) is 2.96. The van der Waals surface area contributed by atoms with E-state index in [1.807, 2.05) is 13.8 Å². The summed E-state index contributed by atoms with van der Waals surface area (Å²) in [6.07, 6.45) is 0. The fourth-order valence-corrected chi connectivity index (χ4v) is 0. The summed E-state index contributed by atoms with van der Waals surface area (Å²) in [5, 5.41) is 0. The van der Waals surface area contributed by atoms with E-state index in [0.717, 1.165) is 5.76 Å². The minimum Gasteiger partial charge on any atom is -0.502 e. The van der Waals surface area contributed by atoms with E-state index in [1.165, 1.54) is 5.57 Å². The molecule has 0 atom stereocenters. The summed E-state index contributed by atoms with van der Waals surface area (Å²) in [4.78, 5) is 0. The lowest BCUT2D eigenvalue weighted by molar-refractivity contribution is 0.295. The Morgan fingerprint density at radius 2 is 1.18 bits per heavy atom. The first kappa shape index (κ1) is 17.7. The number of ether oxygens (including phenoxy) is 1. The highest BCUT2D eigenvalue weighted by Crippen LogP contribution is 1.89. The van der Waals surface area contributed by atoms with E-state index >= 15 is 0 Å². The quantitative estimate of drug-likeness (QED) is 0.368. The van der Waals surface area contributed by atoms with Crippen molar-refractivity contribution >= 4 is 37.2 Å². The van der Waals surface area contributed by atoms with Gasteiger partial charge in [-0.25, -0.2) is 0 Å². The number of hydrogen-bond donors (Lipinski definition) is 0. The Balaban J connectivity index is -0.0000000965. The molecule has 0 bridgehead atoms. The third-order valence-electron chi connectivity index (χ3n) is 0.348. The first-order chi connectivity index (χ1) is 5.00. The Hall–Kier alpha value is 0.740. The van der Waals surface area contributed by atoms with Gasteiger partial charge in [0.25, 0.3) is 0 Å². The molecule has 68 valence electrons. The average Bonchev–Trinajstić information content (AvgIpc) is 1.91. The van der Waals surface area contributed by atoms with E-state index in [1.54, 1.807) is 14.0 Å². The van der Waals surface area contributed by atoms with Crippen molar-refractivity contribution in [3.63, 3.8) is 0 Å². The van der Waals surface area contributed by atoms with E-state index in [0.29, 0.717) is 0 Å². The highest BCUT2D eigenvalue weighted by Gasteiger charge is 1.65. The third kappa shape index (κ3) is 109. The van der Waals surface area contributed by atoms with Gasteiger partial charge >= 0.3 is 0 Å². The van der Waals surface area contributed by atoms with Crippen LogP contribution in [0.3, 0.4) is 0 Å². The maximum atomic E-state index is 4.56. The Kier molecular flexibility index (Phi) is 27.4. The van der Waals surface area contributed by atoms with Crippen molar-refractivity contribution in [2.45, 2.75) is 20.8 Å². The summed E-state index contributed by atoms with van der Waals surface area (Å²) in [7, 11) is 1.60. The average molecular weight is 382 g/mol. The van der Waals surface area contributed by atoms with Gasteiger partial charge in [0.2, 0.25) is 0 Å². The summed E-state index contributed by atoms with van der Waals surface area (Å²) in [6, 6.07) is 0. The normalized spacial score (nSPS) is 6.00. The van der Waals surface area contributed by atoms with Crippen molar-refractivity contribution in [1.82, 2.24) is 0 Å². The van der Waals surface area contributed by atoms with Crippen LogP contribution in [0.4, 0.5) is 0 Å². The predicted molar refractivity (Wildman–Crippen MR) is 70.4 cm³/mol. The van der Waals surface area contributed by atoms with Gasteiger partial charge in [-0.15, -0.1) is 6.58 Å². The fraction of sp³-hybridized carbons (Fsp3) is 0.500. The zero-order chi connectivity index (χ0) is 9.86. The molecule has 0 rings (SSSR count). The molecule has 0 saturated carbocycles. The predicted octanol–water partition coefficient (Wildman–Crippen LogP) is 4.52. The molecule has 0 amide bonds. The molecule has 0 aliphatic carbocycles. The molecule has 0 aromatic heterocycles. The van der Waals surface area contributed by atoms with Crippen LogP contribution >= 0.6 is 37.2 Å². The second-order valence-electron chi connectivity index (χ2n) is 2.11. The summed E-state index contributed by atoms with van der Waals surface area (Å²) in [5.74, 6) is 0.755. The fourth-order valence-electron chi connectivity index (χ4n) is 0. The summed E-state index contributed by atoms with van der Waals surface area (Å²) >= 11 is 4.24. The molecular formula is C8H16I2O. The van der Waals surface area contributed by atoms with Crippen LogP contribution in [0.2, 0.25) is 0 Å². The van der Waals surface area contributed by atoms with Gasteiger partial charge in [-0.05, 0) is 20.8 Å². The summed E-state index contributed by atoms with van der Waals surface area (Å²) in [5.41, 5.74) is 1.17. The highest BCUT2D eigenvalue weighted by atomic mass is 128. The highest BCUT2D eigenvalue weighted by molar-refractivity contribution is 15.0. The standard InChI is InChI=1S/C4H8O.C4H8.I2/c1-4(2)5-3;1-4(2)3;1-2/h1H2,2-3H3;1H2,2-3H3;. The molecular weight excluding hydrogens is 366 g/mol. The number of allylic oxidation sites excluding steroid dienone is 2. The molecule has 0 aromatic rings. The topological polar surface area (TPSA) is 9.23 Å². The number of methoxy groups -OCH3 is 1. The monoisotopic (exact) mass is 382 g/mol. The second kappa shape index (κ2) is 17.0.